The van der Waals surface area contributed by atoms with E-state index in [9.17, 15) is 37.1 Å². The van der Waals surface area contributed by atoms with Gasteiger partial charge in [0.05, 0.1) is 5.41 Å². The minimum absolute atomic E-state index is 0.0152. The molecule has 0 spiro atoms. The number of esters is 2. The number of guanidine groups is 1. The summed E-state index contributed by atoms with van der Waals surface area (Å²) in [5.41, 5.74) is 21.8. The van der Waals surface area contributed by atoms with Gasteiger partial charge < -0.3 is 38.3 Å². The third-order valence-corrected chi connectivity index (χ3v) is 7.04. The molecule has 3 amide bonds. The smallest absolute Gasteiger partial charge is 0.386 e. The maximum Gasteiger partial charge on any atom is 0.491 e. The zero-order valence-electron chi connectivity index (χ0n) is 25.4. The lowest BCUT2D eigenvalue weighted by Gasteiger charge is -2.32. The Hall–Kier alpha value is -5.48. The van der Waals surface area contributed by atoms with Crippen molar-refractivity contribution in [3.63, 3.8) is 0 Å². The molecule has 0 bridgehead atoms. The first-order valence-corrected chi connectivity index (χ1v) is 14.2. The minimum atomic E-state index is -5.44. The normalized spacial score (nSPS) is 13.6. The molecule has 0 radical (unpaired) electrons. The number of aliphatic imine (C=N–C) groups is 1. The maximum absolute atomic E-state index is 14.0. The Balaban J connectivity index is 2.39. The van der Waals surface area contributed by atoms with Gasteiger partial charge >= 0.3 is 18.1 Å². The summed E-state index contributed by atoms with van der Waals surface area (Å²) in [6, 6.07) is 12.1. The predicted molar refractivity (Wildman–Crippen MR) is 164 cm³/mol. The van der Waals surface area contributed by atoms with Crippen LogP contribution >= 0.6 is 0 Å². The van der Waals surface area contributed by atoms with Crippen LogP contribution in [0.25, 0.3) is 0 Å². The van der Waals surface area contributed by atoms with Crippen LogP contribution in [0.15, 0.2) is 59.6 Å². The molecule has 2 rings (SSSR count). The Labute approximate surface area is 268 Å². The number of ether oxygens (including phenoxy) is 1. The molecule has 0 aliphatic rings. The van der Waals surface area contributed by atoms with Crippen molar-refractivity contribution in [3.8, 4) is 0 Å². The number of hydrogen-bond acceptors (Lipinski definition) is 8. The van der Waals surface area contributed by atoms with Crippen LogP contribution in [0.3, 0.4) is 0 Å². The van der Waals surface area contributed by atoms with E-state index in [0.717, 1.165) is 0 Å². The minimum Gasteiger partial charge on any atom is -0.386 e. The lowest BCUT2D eigenvalue weighted by Crippen LogP contribution is -2.56. The van der Waals surface area contributed by atoms with Crippen molar-refractivity contribution in [1.82, 2.24) is 10.6 Å². The van der Waals surface area contributed by atoms with Crippen LogP contribution in [0.4, 0.5) is 13.2 Å². The molecule has 0 saturated carbocycles. The van der Waals surface area contributed by atoms with Crippen molar-refractivity contribution < 1.29 is 41.9 Å². The Kier molecular flexibility index (Phi) is 13.4. The third-order valence-electron chi connectivity index (χ3n) is 7.04. The second kappa shape index (κ2) is 16.7. The zero-order valence-corrected chi connectivity index (χ0v) is 25.4. The Morgan fingerprint density at radius 3 is 2.04 bits per heavy atom. The number of primary amides is 1. The monoisotopic (exact) mass is 662 g/mol. The van der Waals surface area contributed by atoms with Crippen molar-refractivity contribution >= 4 is 41.5 Å². The summed E-state index contributed by atoms with van der Waals surface area (Å²) in [5.74, 6) is -7.34. The summed E-state index contributed by atoms with van der Waals surface area (Å²) >= 11 is 0. The highest BCUT2D eigenvalue weighted by molar-refractivity contribution is 5.96. The van der Waals surface area contributed by atoms with Gasteiger partial charge in [-0.25, -0.2) is 4.79 Å². The van der Waals surface area contributed by atoms with Gasteiger partial charge in [-0.15, -0.1) is 0 Å². The van der Waals surface area contributed by atoms with Crippen molar-refractivity contribution in [1.29, 1.82) is 5.41 Å². The van der Waals surface area contributed by atoms with Crippen LogP contribution < -0.4 is 33.6 Å². The molecule has 0 aliphatic carbocycles. The highest BCUT2D eigenvalue weighted by atomic mass is 19.4. The lowest BCUT2D eigenvalue weighted by molar-refractivity contribution is -0.201. The second-order valence-electron chi connectivity index (χ2n) is 10.7. The average Bonchev–Trinajstić information content (AvgIpc) is 3.00. The fourth-order valence-corrected chi connectivity index (χ4v) is 4.45. The Bertz CT molecular complexity index is 1480. The van der Waals surface area contributed by atoms with Crippen LogP contribution in [0, 0.1) is 5.41 Å². The van der Waals surface area contributed by atoms with Crippen molar-refractivity contribution in [2.75, 3.05) is 6.54 Å². The van der Waals surface area contributed by atoms with Crippen LogP contribution in [0.5, 0.6) is 0 Å². The standard InChI is InChI=1S/C30H37F3N8O6/c1-29(19-6-3-2-4-7-19,16-17-9-11-18(12-10-17)23(34)35)26(45)41-21(13-14-22(42)47-27(46)30(31,32)33)25(44)40-20(24(36)43)8-5-15-39-28(37)38/h2-4,6-7,9-12,20-21H,5,8,13-16H2,1H3,(H3,34,35)(H2,36,43)(H,40,44)(H,41,45)(H4,37,38,39)/t20-,21-,29-/m0/s1. The lowest BCUT2D eigenvalue weighted by atomic mass is 9.76. The molecule has 0 saturated heterocycles. The molecule has 17 heteroatoms. The first kappa shape index (κ1) is 37.7. The van der Waals surface area contributed by atoms with E-state index in [1.54, 1.807) is 61.5 Å². The number of amidine groups is 1. The molecule has 0 fully saturated rings. The van der Waals surface area contributed by atoms with Crippen molar-refractivity contribution in [3.05, 3.63) is 71.3 Å². The fourth-order valence-electron chi connectivity index (χ4n) is 4.45. The van der Waals surface area contributed by atoms with Crippen molar-refractivity contribution in [2.24, 2.45) is 27.9 Å². The number of nitrogens with one attached hydrogen (secondary N) is 3. The van der Waals surface area contributed by atoms with Gasteiger partial charge in [0.25, 0.3) is 0 Å². The molecule has 0 unspecified atom stereocenters. The van der Waals surface area contributed by atoms with E-state index in [2.05, 4.69) is 20.4 Å². The summed E-state index contributed by atoms with van der Waals surface area (Å²) in [7, 11) is 0. The number of rotatable bonds is 16. The van der Waals surface area contributed by atoms with Gasteiger partial charge in [0.15, 0.2) is 5.96 Å². The number of carbonyl (C=O) groups excluding carboxylic acids is 5. The van der Waals surface area contributed by atoms with Gasteiger partial charge in [0, 0.05) is 18.5 Å². The summed E-state index contributed by atoms with van der Waals surface area (Å²) < 4.78 is 41.6. The summed E-state index contributed by atoms with van der Waals surface area (Å²) in [6.45, 7) is 1.70. The topological polar surface area (TPSA) is 259 Å². The molecule has 2 aromatic carbocycles. The van der Waals surface area contributed by atoms with E-state index in [1.807, 2.05) is 0 Å². The van der Waals surface area contributed by atoms with E-state index in [0.29, 0.717) is 16.7 Å². The van der Waals surface area contributed by atoms with Crippen molar-refractivity contribution in [2.45, 2.75) is 62.7 Å². The first-order chi connectivity index (χ1) is 21.9. The van der Waals surface area contributed by atoms with Crippen LogP contribution in [0.2, 0.25) is 0 Å². The molecule has 47 heavy (non-hydrogen) atoms. The SMILES string of the molecule is C[C@@](Cc1ccc(C(=N)N)cc1)(C(=O)N[C@@H](CCC(=O)OC(=O)C(F)(F)F)C(=O)N[C@@H](CCCN=C(N)N)C(N)=O)c1ccccc1. The molecular weight excluding hydrogens is 625 g/mol. The molecule has 11 N–H and O–H groups in total. The highest BCUT2D eigenvalue weighted by Crippen LogP contribution is 2.29. The molecular formula is C30H37F3N8O6. The Morgan fingerprint density at radius 2 is 1.51 bits per heavy atom. The third kappa shape index (κ3) is 11.8. The number of nitrogens with two attached hydrogens (primary N) is 4. The summed E-state index contributed by atoms with van der Waals surface area (Å²) in [6.07, 6.45) is -6.66. The molecule has 0 aliphatic heterocycles. The van der Waals surface area contributed by atoms with Gasteiger partial charge in [-0.1, -0.05) is 54.6 Å². The maximum atomic E-state index is 14.0. The average molecular weight is 663 g/mol. The van der Waals surface area contributed by atoms with Crippen LogP contribution in [-0.2, 0) is 40.5 Å². The van der Waals surface area contributed by atoms with E-state index >= 15 is 0 Å². The second-order valence-corrected chi connectivity index (χ2v) is 10.7. The van der Waals surface area contributed by atoms with Crippen LogP contribution in [0.1, 0.15) is 49.3 Å². The number of halogens is 3. The number of alkyl halides is 3. The van der Waals surface area contributed by atoms with E-state index < -0.39 is 66.2 Å². The van der Waals surface area contributed by atoms with Gasteiger partial charge in [-0.2, -0.15) is 13.2 Å². The highest BCUT2D eigenvalue weighted by Gasteiger charge is 2.43. The van der Waals surface area contributed by atoms with E-state index in [4.69, 9.17) is 28.3 Å². The van der Waals surface area contributed by atoms with Crippen LogP contribution in [-0.4, -0.2) is 66.3 Å². The van der Waals surface area contributed by atoms with E-state index in [1.165, 1.54) is 0 Å². The molecule has 3 atom stereocenters. The first-order valence-electron chi connectivity index (χ1n) is 14.2. The van der Waals surface area contributed by atoms with Gasteiger partial charge in [0.1, 0.15) is 17.9 Å². The quantitative estimate of drug-likeness (QED) is 0.0431. The van der Waals surface area contributed by atoms with E-state index in [-0.39, 0.29) is 37.6 Å². The fraction of sp³-hybridized carbons (Fsp3) is 0.367. The number of hydrogen-bond donors (Lipinski definition) is 7. The number of nitrogen functional groups attached to an aromatic ring is 1. The summed E-state index contributed by atoms with van der Waals surface area (Å²) in [4.78, 5) is 66.5. The number of carbonyl (C=O) groups is 5. The van der Waals surface area contributed by atoms with Gasteiger partial charge in [-0.3, -0.25) is 29.6 Å². The predicted octanol–water partition coefficient (Wildman–Crippen LogP) is 0.392. The van der Waals surface area contributed by atoms with Gasteiger partial charge in [0.2, 0.25) is 17.7 Å². The Morgan fingerprint density at radius 1 is 0.894 bits per heavy atom. The number of nitrogens with zero attached hydrogens (tertiary/aromatic N) is 1. The molecule has 0 aromatic heterocycles. The number of amides is 3. The zero-order chi connectivity index (χ0) is 35.4. The largest absolute Gasteiger partial charge is 0.491 e. The molecule has 2 aromatic rings. The van der Waals surface area contributed by atoms with Gasteiger partial charge in [-0.05, 0) is 43.7 Å². The molecule has 14 nitrogen and oxygen atoms in total. The summed E-state index contributed by atoms with van der Waals surface area (Å²) in [5, 5.41) is 12.5. The number of benzene rings is 2. The molecule has 254 valence electrons. The molecule has 0 heterocycles.